The van der Waals surface area contributed by atoms with Crippen LogP contribution >= 0.6 is 0 Å². The summed E-state index contributed by atoms with van der Waals surface area (Å²) in [5.74, 6) is -0.0583. The molecule has 0 saturated heterocycles. The van der Waals surface area contributed by atoms with Gasteiger partial charge in [0, 0.05) is 24.2 Å². The van der Waals surface area contributed by atoms with Crippen molar-refractivity contribution in [3.05, 3.63) is 0 Å². The molecule has 136 valence electrons. The predicted molar refractivity (Wildman–Crippen MR) is 93.5 cm³/mol. The third kappa shape index (κ3) is 11.0. The summed E-state index contributed by atoms with van der Waals surface area (Å²) >= 11 is 0. The summed E-state index contributed by atoms with van der Waals surface area (Å²) in [5, 5.41) is 5.95. The molecule has 23 heavy (non-hydrogen) atoms. The average Bonchev–Trinajstić information content (AvgIpc) is 2.21. The van der Waals surface area contributed by atoms with Crippen LogP contribution in [0, 0.1) is 0 Å². The van der Waals surface area contributed by atoms with Crippen LogP contribution in [0.4, 0.5) is 4.79 Å². The molecule has 0 aliphatic carbocycles. The number of hydrogen-bond donors (Lipinski definition) is 2. The molecule has 0 saturated carbocycles. The monoisotopic (exact) mass is 329 g/mol. The normalized spacial score (nSPS) is 12.7. The summed E-state index contributed by atoms with van der Waals surface area (Å²) in [5.41, 5.74) is -1.12. The Morgan fingerprint density at radius 2 is 1.48 bits per heavy atom. The molecule has 0 spiro atoms. The van der Waals surface area contributed by atoms with Gasteiger partial charge in [0.2, 0.25) is 5.91 Å². The van der Waals surface area contributed by atoms with Crippen molar-refractivity contribution in [3.8, 4) is 0 Å². The van der Waals surface area contributed by atoms with Crippen LogP contribution in [0.5, 0.6) is 0 Å². The Labute approximate surface area is 141 Å². The molecule has 0 aromatic rings. The molecule has 0 aromatic heterocycles. The zero-order valence-electron chi connectivity index (χ0n) is 16.3. The van der Waals surface area contributed by atoms with Crippen molar-refractivity contribution in [1.82, 2.24) is 15.5 Å². The molecule has 0 unspecified atom stereocenters. The zero-order valence-corrected chi connectivity index (χ0v) is 16.3. The predicted octanol–water partition coefficient (Wildman–Crippen LogP) is 2.53. The SMILES string of the molecule is CC(C)(C)NC(=O)CNCCN(C(=O)OC(C)(C)C)C(C)(C)C. The summed E-state index contributed by atoms with van der Waals surface area (Å²) in [4.78, 5) is 25.7. The summed E-state index contributed by atoms with van der Waals surface area (Å²) in [6, 6.07) is 0. The fourth-order valence-corrected chi connectivity index (χ4v) is 1.87. The maximum absolute atomic E-state index is 12.3. The molecular weight excluding hydrogens is 294 g/mol. The van der Waals surface area contributed by atoms with E-state index in [0.29, 0.717) is 13.1 Å². The van der Waals surface area contributed by atoms with Crippen LogP contribution in [-0.2, 0) is 9.53 Å². The lowest BCUT2D eigenvalue weighted by Gasteiger charge is -2.36. The van der Waals surface area contributed by atoms with Gasteiger partial charge in [0.15, 0.2) is 0 Å². The summed E-state index contributed by atoms with van der Waals surface area (Å²) < 4.78 is 5.45. The maximum Gasteiger partial charge on any atom is 0.410 e. The first-order valence-electron chi connectivity index (χ1n) is 8.14. The van der Waals surface area contributed by atoms with Gasteiger partial charge < -0.3 is 20.3 Å². The second-order valence-corrected chi connectivity index (χ2v) is 8.78. The Morgan fingerprint density at radius 3 is 1.87 bits per heavy atom. The van der Waals surface area contributed by atoms with Crippen molar-refractivity contribution in [2.45, 2.75) is 79.0 Å². The highest BCUT2D eigenvalue weighted by Crippen LogP contribution is 2.17. The van der Waals surface area contributed by atoms with Gasteiger partial charge in [-0.15, -0.1) is 0 Å². The van der Waals surface area contributed by atoms with Crippen LogP contribution in [0.2, 0.25) is 0 Å². The van der Waals surface area contributed by atoms with Crippen molar-refractivity contribution in [3.63, 3.8) is 0 Å². The van der Waals surface area contributed by atoms with Gasteiger partial charge >= 0.3 is 6.09 Å². The number of hydrogen-bond acceptors (Lipinski definition) is 4. The molecule has 0 rings (SSSR count). The number of carbonyl (C=O) groups is 2. The molecule has 0 bridgehead atoms. The highest BCUT2D eigenvalue weighted by Gasteiger charge is 2.30. The van der Waals surface area contributed by atoms with Crippen LogP contribution in [0.25, 0.3) is 0 Å². The molecule has 0 fully saturated rings. The van der Waals surface area contributed by atoms with E-state index in [0.717, 1.165) is 0 Å². The minimum atomic E-state index is -0.527. The topological polar surface area (TPSA) is 70.7 Å². The van der Waals surface area contributed by atoms with Crippen molar-refractivity contribution in [1.29, 1.82) is 0 Å². The standard InChI is InChI=1S/C17H35N3O3/c1-15(2,3)19-13(21)12-18-10-11-20(16(4,5)6)14(22)23-17(7,8)9/h18H,10-12H2,1-9H3,(H,19,21). The van der Waals surface area contributed by atoms with Crippen molar-refractivity contribution in [2.75, 3.05) is 19.6 Å². The summed E-state index contributed by atoms with van der Waals surface area (Å²) in [6.07, 6.45) is -0.342. The maximum atomic E-state index is 12.3. The molecule has 0 radical (unpaired) electrons. The molecule has 2 amide bonds. The van der Waals surface area contributed by atoms with E-state index in [4.69, 9.17) is 4.74 Å². The second kappa shape index (κ2) is 7.99. The number of rotatable bonds is 5. The molecule has 6 nitrogen and oxygen atoms in total. The third-order valence-corrected chi connectivity index (χ3v) is 2.74. The van der Waals surface area contributed by atoms with Crippen LogP contribution < -0.4 is 10.6 Å². The highest BCUT2D eigenvalue weighted by atomic mass is 16.6. The van der Waals surface area contributed by atoms with Crippen LogP contribution in [0.1, 0.15) is 62.3 Å². The quantitative estimate of drug-likeness (QED) is 0.760. The Bertz CT molecular complexity index is 401. The molecular formula is C17H35N3O3. The fourth-order valence-electron chi connectivity index (χ4n) is 1.87. The number of amides is 2. The lowest BCUT2D eigenvalue weighted by molar-refractivity contribution is -0.121. The number of nitrogens with zero attached hydrogens (tertiary/aromatic N) is 1. The van der Waals surface area contributed by atoms with Gasteiger partial charge in [-0.3, -0.25) is 4.79 Å². The van der Waals surface area contributed by atoms with Gasteiger partial charge in [0.25, 0.3) is 0 Å². The molecule has 0 heterocycles. The smallest absolute Gasteiger partial charge is 0.410 e. The summed E-state index contributed by atoms with van der Waals surface area (Å²) in [7, 11) is 0. The van der Waals surface area contributed by atoms with E-state index in [1.165, 1.54) is 0 Å². The minimum absolute atomic E-state index is 0.0583. The number of ether oxygens (including phenoxy) is 1. The van der Waals surface area contributed by atoms with Crippen molar-refractivity contribution in [2.24, 2.45) is 0 Å². The van der Waals surface area contributed by atoms with Crippen LogP contribution in [0.3, 0.4) is 0 Å². The van der Waals surface area contributed by atoms with Gasteiger partial charge in [-0.25, -0.2) is 4.79 Å². The third-order valence-electron chi connectivity index (χ3n) is 2.74. The van der Waals surface area contributed by atoms with Crippen molar-refractivity contribution >= 4 is 12.0 Å². The average molecular weight is 329 g/mol. The fraction of sp³-hybridized carbons (Fsp3) is 0.882. The molecule has 6 heteroatoms. The first-order valence-corrected chi connectivity index (χ1v) is 8.14. The minimum Gasteiger partial charge on any atom is -0.444 e. The van der Waals surface area contributed by atoms with Gasteiger partial charge in [-0.2, -0.15) is 0 Å². The highest BCUT2D eigenvalue weighted by molar-refractivity contribution is 5.78. The summed E-state index contributed by atoms with van der Waals surface area (Å²) in [6.45, 7) is 18.5. The Morgan fingerprint density at radius 1 is 0.957 bits per heavy atom. The van der Waals surface area contributed by atoms with Crippen molar-refractivity contribution < 1.29 is 14.3 Å². The number of nitrogens with one attached hydrogen (secondary N) is 2. The van der Waals surface area contributed by atoms with E-state index in [1.807, 2.05) is 62.3 Å². The largest absolute Gasteiger partial charge is 0.444 e. The molecule has 2 N–H and O–H groups in total. The van der Waals surface area contributed by atoms with Gasteiger partial charge in [0.1, 0.15) is 5.60 Å². The second-order valence-electron chi connectivity index (χ2n) is 8.78. The first-order chi connectivity index (χ1) is 10.1. The Kier molecular flexibility index (Phi) is 7.54. The van der Waals surface area contributed by atoms with E-state index in [9.17, 15) is 9.59 Å². The van der Waals surface area contributed by atoms with E-state index in [-0.39, 0.29) is 29.6 Å². The van der Waals surface area contributed by atoms with E-state index in [2.05, 4.69) is 10.6 Å². The molecule has 0 atom stereocenters. The van der Waals surface area contributed by atoms with Gasteiger partial charge in [-0.1, -0.05) is 0 Å². The molecule has 0 aromatic carbocycles. The molecule has 0 aliphatic heterocycles. The van der Waals surface area contributed by atoms with E-state index in [1.54, 1.807) is 4.90 Å². The zero-order chi connectivity index (χ0) is 18.5. The van der Waals surface area contributed by atoms with E-state index < -0.39 is 5.60 Å². The first kappa shape index (κ1) is 21.7. The van der Waals surface area contributed by atoms with Crippen LogP contribution in [-0.4, -0.2) is 53.2 Å². The Balaban J connectivity index is 4.44. The van der Waals surface area contributed by atoms with Gasteiger partial charge in [0.05, 0.1) is 6.54 Å². The lowest BCUT2D eigenvalue weighted by atomic mass is 10.1. The Hall–Kier alpha value is -1.30. The van der Waals surface area contributed by atoms with Crippen LogP contribution in [0.15, 0.2) is 0 Å². The molecule has 0 aliphatic rings. The van der Waals surface area contributed by atoms with E-state index >= 15 is 0 Å². The lowest BCUT2D eigenvalue weighted by Crippen LogP contribution is -2.51. The van der Waals surface area contributed by atoms with Gasteiger partial charge in [-0.05, 0) is 62.3 Å². The number of carbonyl (C=O) groups excluding carboxylic acids is 2.